The standard InChI is InChI=1S/C26H32O6/c1-4-8-20-11-12-24(25(13-20)30-16-21-9-6-5-7-10-21)26-15-22(31-19(3)28)14-23(32-26)17-29-18(2)27/h5-7,9-13,22-23,26H,4,8,14-17H2,1-3H3/t22-,23-,26+/m0/s1. The van der Waals surface area contributed by atoms with Crippen LogP contribution >= 0.6 is 0 Å². The Balaban J connectivity index is 1.84. The van der Waals surface area contributed by atoms with Gasteiger partial charge in [0.15, 0.2) is 0 Å². The van der Waals surface area contributed by atoms with Crippen LogP contribution in [0, 0.1) is 0 Å². The van der Waals surface area contributed by atoms with Crippen LogP contribution in [0.4, 0.5) is 0 Å². The van der Waals surface area contributed by atoms with Crippen LogP contribution in [0.25, 0.3) is 0 Å². The zero-order valence-corrected chi connectivity index (χ0v) is 19.0. The molecule has 0 aromatic heterocycles. The lowest BCUT2D eigenvalue weighted by molar-refractivity contribution is -0.169. The summed E-state index contributed by atoms with van der Waals surface area (Å²) in [6, 6.07) is 16.2. The number of carbonyl (C=O) groups is 2. The van der Waals surface area contributed by atoms with E-state index in [9.17, 15) is 9.59 Å². The minimum atomic E-state index is -0.365. The Morgan fingerprint density at radius 1 is 1.00 bits per heavy atom. The number of benzene rings is 2. The first-order valence-electron chi connectivity index (χ1n) is 11.2. The van der Waals surface area contributed by atoms with Gasteiger partial charge in [-0.1, -0.05) is 55.8 Å². The first-order chi connectivity index (χ1) is 15.4. The van der Waals surface area contributed by atoms with Crippen LogP contribution in [0.3, 0.4) is 0 Å². The number of hydrogen-bond acceptors (Lipinski definition) is 6. The first kappa shape index (κ1) is 23.8. The fourth-order valence-electron chi connectivity index (χ4n) is 3.97. The Morgan fingerprint density at radius 2 is 1.78 bits per heavy atom. The van der Waals surface area contributed by atoms with E-state index in [1.54, 1.807) is 0 Å². The molecule has 3 atom stereocenters. The van der Waals surface area contributed by atoms with Crippen LogP contribution < -0.4 is 4.74 Å². The minimum absolute atomic E-state index is 0.123. The molecule has 0 N–H and O–H groups in total. The summed E-state index contributed by atoms with van der Waals surface area (Å²) in [5.74, 6) is 0.0656. The highest BCUT2D eigenvalue weighted by Crippen LogP contribution is 2.38. The lowest BCUT2D eigenvalue weighted by Crippen LogP contribution is -2.37. The summed E-state index contributed by atoms with van der Waals surface area (Å²) < 4.78 is 23.2. The maximum Gasteiger partial charge on any atom is 0.302 e. The second-order valence-electron chi connectivity index (χ2n) is 8.15. The van der Waals surface area contributed by atoms with Crippen molar-refractivity contribution in [2.24, 2.45) is 0 Å². The van der Waals surface area contributed by atoms with Crippen molar-refractivity contribution in [2.45, 2.75) is 71.4 Å². The van der Waals surface area contributed by atoms with Crippen molar-refractivity contribution in [1.82, 2.24) is 0 Å². The Labute approximate surface area is 189 Å². The molecular formula is C26H32O6. The molecule has 32 heavy (non-hydrogen) atoms. The summed E-state index contributed by atoms with van der Waals surface area (Å²) in [6.45, 7) is 5.48. The molecule has 2 aromatic carbocycles. The van der Waals surface area contributed by atoms with Gasteiger partial charge in [-0.2, -0.15) is 0 Å². The Bertz CT molecular complexity index is 894. The van der Waals surface area contributed by atoms with E-state index in [1.807, 2.05) is 36.4 Å². The van der Waals surface area contributed by atoms with Gasteiger partial charge in [0.2, 0.25) is 0 Å². The number of ether oxygens (including phenoxy) is 4. The minimum Gasteiger partial charge on any atom is -0.489 e. The average Bonchev–Trinajstić information content (AvgIpc) is 2.77. The van der Waals surface area contributed by atoms with E-state index in [2.05, 4.69) is 19.1 Å². The lowest BCUT2D eigenvalue weighted by Gasteiger charge is -2.35. The maximum absolute atomic E-state index is 11.6. The molecule has 1 fully saturated rings. The highest BCUT2D eigenvalue weighted by molar-refractivity contribution is 5.66. The molecule has 3 rings (SSSR count). The summed E-state index contributed by atoms with van der Waals surface area (Å²) in [7, 11) is 0. The zero-order valence-electron chi connectivity index (χ0n) is 19.0. The SMILES string of the molecule is CCCc1ccc([C@H]2C[C@@H](OC(C)=O)C[C@@H](COC(C)=O)O2)c(OCc2ccccc2)c1. The second-order valence-corrected chi connectivity index (χ2v) is 8.15. The number of hydrogen-bond donors (Lipinski definition) is 0. The predicted molar refractivity (Wildman–Crippen MR) is 120 cm³/mol. The summed E-state index contributed by atoms with van der Waals surface area (Å²) in [5.41, 5.74) is 3.18. The molecule has 0 bridgehead atoms. The summed E-state index contributed by atoms with van der Waals surface area (Å²) in [4.78, 5) is 22.9. The van der Waals surface area contributed by atoms with E-state index in [0.717, 1.165) is 29.7 Å². The molecule has 6 heteroatoms. The molecule has 1 saturated heterocycles. The van der Waals surface area contributed by atoms with Gasteiger partial charge in [0.05, 0.1) is 12.2 Å². The highest BCUT2D eigenvalue weighted by Gasteiger charge is 2.34. The Hall–Kier alpha value is -2.86. The van der Waals surface area contributed by atoms with Crippen molar-refractivity contribution in [3.05, 3.63) is 65.2 Å². The van der Waals surface area contributed by atoms with Gasteiger partial charge in [0, 0.05) is 32.3 Å². The fraction of sp³-hybridized carbons (Fsp3) is 0.462. The van der Waals surface area contributed by atoms with Gasteiger partial charge < -0.3 is 18.9 Å². The van der Waals surface area contributed by atoms with Crippen molar-refractivity contribution >= 4 is 11.9 Å². The van der Waals surface area contributed by atoms with Crippen molar-refractivity contribution in [2.75, 3.05) is 6.61 Å². The molecule has 0 saturated carbocycles. The summed E-state index contributed by atoms with van der Waals surface area (Å²) in [6.07, 6.45) is 1.98. The molecule has 0 radical (unpaired) electrons. The van der Waals surface area contributed by atoms with Gasteiger partial charge in [-0.05, 0) is 23.6 Å². The normalized spacial score (nSPS) is 20.4. The van der Waals surface area contributed by atoms with Gasteiger partial charge in [-0.25, -0.2) is 0 Å². The van der Waals surface area contributed by atoms with E-state index in [1.165, 1.54) is 19.4 Å². The molecule has 172 valence electrons. The summed E-state index contributed by atoms with van der Waals surface area (Å²) in [5, 5.41) is 0. The highest BCUT2D eigenvalue weighted by atomic mass is 16.6. The second kappa shape index (κ2) is 11.7. The van der Waals surface area contributed by atoms with Crippen molar-refractivity contribution in [3.8, 4) is 5.75 Å². The quantitative estimate of drug-likeness (QED) is 0.515. The van der Waals surface area contributed by atoms with Gasteiger partial charge in [-0.3, -0.25) is 9.59 Å². The molecule has 1 aliphatic heterocycles. The molecule has 2 aromatic rings. The topological polar surface area (TPSA) is 71.1 Å². The molecule has 6 nitrogen and oxygen atoms in total. The average molecular weight is 441 g/mol. The first-order valence-corrected chi connectivity index (χ1v) is 11.2. The molecule has 1 heterocycles. The molecule has 0 amide bonds. The predicted octanol–water partition coefficient (Wildman–Crippen LogP) is 4.93. The van der Waals surface area contributed by atoms with E-state index in [4.69, 9.17) is 18.9 Å². The number of carbonyl (C=O) groups excluding carboxylic acids is 2. The monoisotopic (exact) mass is 440 g/mol. The lowest BCUT2D eigenvalue weighted by atomic mass is 9.94. The van der Waals surface area contributed by atoms with Gasteiger partial charge in [0.25, 0.3) is 0 Å². The molecule has 0 spiro atoms. The fourth-order valence-corrected chi connectivity index (χ4v) is 3.97. The van der Waals surface area contributed by atoms with Crippen LogP contribution in [-0.4, -0.2) is 30.8 Å². The molecule has 0 aliphatic carbocycles. The number of aryl methyl sites for hydroxylation is 1. The van der Waals surface area contributed by atoms with Crippen molar-refractivity contribution < 1.29 is 28.5 Å². The van der Waals surface area contributed by atoms with Gasteiger partial charge in [0.1, 0.15) is 25.1 Å². The van der Waals surface area contributed by atoms with Crippen molar-refractivity contribution in [1.29, 1.82) is 0 Å². The van der Waals surface area contributed by atoms with Crippen LogP contribution in [0.2, 0.25) is 0 Å². The largest absolute Gasteiger partial charge is 0.489 e. The van der Waals surface area contributed by atoms with E-state index in [0.29, 0.717) is 19.4 Å². The smallest absolute Gasteiger partial charge is 0.302 e. The van der Waals surface area contributed by atoms with Crippen LogP contribution in [-0.2, 0) is 36.8 Å². The Kier molecular flexibility index (Phi) is 8.68. The number of esters is 2. The van der Waals surface area contributed by atoms with Crippen LogP contribution in [0.5, 0.6) is 5.75 Å². The van der Waals surface area contributed by atoms with Gasteiger partial charge >= 0.3 is 11.9 Å². The van der Waals surface area contributed by atoms with E-state index >= 15 is 0 Å². The van der Waals surface area contributed by atoms with Crippen LogP contribution in [0.15, 0.2) is 48.5 Å². The van der Waals surface area contributed by atoms with E-state index < -0.39 is 0 Å². The molecule has 1 aliphatic rings. The molecule has 0 unspecified atom stereocenters. The van der Waals surface area contributed by atoms with Crippen LogP contribution in [0.1, 0.15) is 62.8 Å². The van der Waals surface area contributed by atoms with Gasteiger partial charge in [-0.15, -0.1) is 0 Å². The summed E-state index contributed by atoms with van der Waals surface area (Å²) >= 11 is 0. The number of rotatable bonds is 9. The molecular weight excluding hydrogens is 408 g/mol. The third-order valence-electron chi connectivity index (χ3n) is 5.37. The Morgan fingerprint density at radius 3 is 2.47 bits per heavy atom. The van der Waals surface area contributed by atoms with E-state index in [-0.39, 0.29) is 36.9 Å². The third-order valence-corrected chi connectivity index (χ3v) is 5.37. The maximum atomic E-state index is 11.6. The van der Waals surface area contributed by atoms with Crippen molar-refractivity contribution in [3.63, 3.8) is 0 Å². The third kappa shape index (κ3) is 7.09. The zero-order chi connectivity index (χ0) is 22.9.